The summed E-state index contributed by atoms with van der Waals surface area (Å²) in [5.74, 6) is -0.125. The van der Waals surface area contributed by atoms with Crippen LogP contribution in [0.15, 0.2) is 12.3 Å². The molecule has 1 aromatic rings. The van der Waals surface area contributed by atoms with Crippen LogP contribution in [-0.2, 0) is 9.47 Å². The van der Waals surface area contributed by atoms with Gasteiger partial charge in [-0.05, 0) is 0 Å². The Morgan fingerprint density at radius 1 is 1.62 bits per heavy atom. The number of carbonyl (C=O) groups is 1. The summed E-state index contributed by atoms with van der Waals surface area (Å²) in [7, 11) is 1.30. The summed E-state index contributed by atoms with van der Waals surface area (Å²) in [4.78, 5) is 15.2. The zero-order valence-corrected chi connectivity index (χ0v) is 9.36. The molecule has 0 aliphatic carbocycles. The van der Waals surface area contributed by atoms with Crippen molar-refractivity contribution in [3.05, 3.63) is 23.0 Å². The quantitative estimate of drug-likeness (QED) is 0.592. The summed E-state index contributed by atoms with van der Waals surface area (Å²) in [6.45, 7) is 1.03. The number of pyridine rings is 1. The van der Waals surface area contributed by atoms with Gasteiger partial charge >= 0.3 is 5.97 Å². The standard InChI is InChI=1S/C10H10ClNO4/c1-14-10(13)7-3-12-9(11)2-8(7)16-6-4-15-5-6/h2-3,6H,4-5H2,1H3. The monoisotopic (exact) mass is 243 g/mol. The number of methoxy groups -OCH3 is 1. The number of nitrogens with zero attached hydrogens (tertiary/aromatic N) is 1. The van der Waals surface area contributed by atoms with E-state index in [0.717, 1.165) is 0 Å². The number of ether oxygens (including phenoxy) is 3. The lowest BCUT2D eigenvalue weighted by Gasteiger charge is -2.27. The first-order valence-corrected chi connectivity index (χ1v) is 5.06. The van der Waals surface area contributed by atoms with Gasteiger partial charge < -0.3 is 14.2 Å². The van der Waals surface area contributed by atoms with Crippen LogP contribution in [0.2, 0.25) is 5.15 Å². The molecule has 86 valence electrons. The largest absolute Gasteiger partial charge is 0.485 e. The molecule has 1 fully saturated rings. The van der Waals surface area contributed by atoms with Crippen molar-refractivity contribution < 1.29 is 19.0 Å². The lowest BCUT2D eigenvalue weighted by molar-refractivity contribution is -0.0799. The average Bonchev–Trinajstić information content (AvgIpc) is 2.22. The lowest BCUT2D eigenvalue weighted by Crippen LogP contribution is -2.38. The van der Waals surface area contributed by atoms with Crippen LogP contribution in [-0.4, -0.2) is 37.4 Å². The average molecular weight is 244 g/mol. The molecule has 1 saturated heterocycles. The fraction of sp³-hybridized carbons (Fsp3) is 0.400. The Morgan fingerprint density at radius 2 is 2.38 bits per heavy atom. The van der Waals surface area contributed by atoms with E-state index in [2.05, 4.69) is 9.72 Å². The normalized spacial score (nSPS) is 15.4. The number of hydrogen-bond acceptors (Lipinski definition) is 5. The maximum Gasteiger partial charge on any atom is 0.343 e. The van der Waals surface area contributed by atoms with Gasteiger partial charge in [-0.15, -0.1) is 0 Å². The number of halogens is 1. The SMILES string of the molecule is COC(=O)c1cnc(Cl)cc1OC1COC1. The summed E-state index contributed by atoms with van der Waals surface area (Å²) in [6, 6.07) is 1.49. The first-order valence-electron chi connectivity index (χ1n) is 4.69. The van der Waals surface area contributed by atoms with Gasteiger partial charge in [-0.2, -0.15) is 0 Å². The highest BCUT2D eigenvalue weighted by Gasteiger charge is 2.23. The predicted molar refractivity (Wildman–Crippen MR) is 55.8 cm³/mol. The maximum atomic E-state index is 11.4. The van der Waals surface area contributed by atoms with Crippen LogP contribution in [0.3, 0.4) is 0 Å². The third kappa shape index (κ3) is 2.25. The van der Waals surface area contributed by atoms with Gasteiger partial charge in [-0.1, -0.05) is 11.6 Å². The molecule has 0 N–H and O–H groups in total. The Kier molecular flexibility index (Phi) is 3.26. The topological polar surface area (TPSA) is 57.7 Å². The minimum atomic E-state index is -0.501. The van der Waals surface area contributed by atoms with Gasteiger partial charge in [-0.3, -0.25) is 0 Å². The fourth-order valence-corrected chi connectivity index (χ4v) is 1.38. The molecule has 6 heteroatoms. The number of rotatable bonds is 3. The molecule has 2 rings (SSSR count). The van der Waals surface area contributed by atoms with E-state index < -0.39 is 5.97 Å². The van der Waals surface area contributed by atoms with Crippen molar-refractivity contribution in [1.29, 1.82) is 0 Å². The van der Waals surface area contributed by atoms with Crippen LogP contribution in [0.5, 0.6) is 5.75 Å². The Balaban J connectivity index is 2.24. The van der Waals surface area contributed by atoms with Crippen LogP contribution >= 0.6 is 11.6 Å². The third-order valence-electron chi connectivity index (χ3n) is 2.14. The fourth-order valence-electron chi connectivity index (χ4n) is 1.24. The molecule has 1 aliphatic rings. The van der Waals surface area contributed by atoms with E-state index >= 15 is 0 Å². The highest BCUT2D eigenvalue weighted by atomic mass is 35.5. The molecule has 2 heterocycles. The first-order chi connectivity index (χ1) is 7.70. The van der Waals surface area contributed by atoms with E-state index in [1.54, 1.807) is 0 Å². The lowest BCUT2D eigenvalue weighted by atomic mass is 10.2. The summed E-state index contributed by atoms with van der Waals surface area (Å²) in [5.41, 5.74) is 0.263. The van der Waals surface area contributed by atoms with Gasteiger partial charge in [0.05, 0.1) is 20.3 Å². The molecule has 0 spiro atoms. The molecule has 5 nitrogen and oxygen atoms in total. The van der Waals surface area contributed by atoms with Crippen molar-refractivity contribution in [3.8, 4) is 5.75 Å². The van der Waals surface area contributed by atoms with Crippen molar-refractivity contribution in [2.45, 2.75) is 6.10 Å². The zero-order chi connectivity index (χ0) is 11.5. The van der Waals surface area contributed by atoms with Crippen LogP contribution in [0.4, 0.5) is 0 Å². The Morgan fingerprint density at radius 3 is 2.94 bits per heavy atom. The minimum absolute atomic E-state index is 0.0399. The second-order valence-electron chi connectivity index (χ2n) is 3.27. The number of esters is 1. The van der Waals surface area contributed by atoms with Crippen LogP contribution < -0.4 is 4.74 Å². The molecule has 1 aliphatic heterocycles. The molecule has 1 aromatic heterocycles. The first kappa shape index (κ1) is 11.2. The number of hydrogen-bond donors (Lipinski definition) is 0. The second kappa shape index (κ2) is 4.67. The van der Waals surface area contributed by atoms with E-state index in [1.807, 2.05) is 0 Å². The highest BCUT2D eigenvalue weighted by Crippen LogP contribution is 2.24. The smallest absolute Gasteiger partial charge is 0.343 e. The van der Waals surface area contributed by atoms with Gasteiger partial charge in [-0.25, -0.2) is 9.78 Å². The van der Waals surface area contributed by atoms with Crippen LogP contribution in [0, 0.1) is 0 Å². The van der Waals surface area contributed by atoms with Gasteiger partial charge in [0, 0.05) is 12.3 Å². The molecule has 16 heavy (non-hydrogen) atoms. The molecule has 0 atom stereocenters. The molecule has 0 bridgehead atoms. The predicted octanol–water partition coefficient (Wildman–Crippen LogP) is 1.30. The van der Waals surface area contributed by atoms with Gasteiger partial charge in [0.1, 0.15) is 22.6 Å². The molecule has 0 saturated carbocycles. The molecule has 0 aromatic carbocycles. The van der Waals surface area contributed by atoms with E-state index in [0.29, 0.717) is 19.0 Å². The van der Waals surface area contributed by atoms with Gasteiger partial charge in [0.15, 0.2) is 0 Å². The van der Waals surface area contributed by atoms with E-state index in [1.165, 1.54) is 19.4 Å². The van der Waals surface area contributed by atoms with Gasteiger partial charge in [0.25, 0.3) is 0 Å². The van der Waals surface area contributed by atoms with Crippen molar-refractivity contribution in [3.63, 3.8) is 0 Å². The highest BCUT2D eigenvalue weighted by molar-refractivity contribution is 6.29. The molecule has 0 radical (unpaired) electrons. The molecular weight excluding hydrogens is 234 g/mol. The third-order valence-corrected chi connectivity index (χ3v) is 2.35. The van der Waals surface area contributed by atoms with E-state index in [9.17, 15) is 4.79 Å². The summed E-state index contributed by atoms with van der Waals surface area (Å²) < 4.78 is 15.1. The minimum Gasteiger partial charge on any atom is -0.485 e. The molecular formula is C10H10ClNO4. The summed E-state index contributed by atoms with van der Waals surface area (Å²) in [6.07, 6.45) is 1.30. The van der Waals surface area contributed by atoms with Crippen molar-refractivity contribution in [1.82, 2.24) is 4.98 Å². The van der Waals surface area contributed by atoms with Crippen molar-refractivity contribution in [2.75, 3.05) is 20.3 Å². The summed E-state index contributed by atoms with van der Waals surface area (Å²) >= 11 is 5.73. The molecule has 0 unspecified atom stereocenters. The summed E-state index contributed by atoms with van der Waals surface area (Å²) in [5, 5.41) is 0.267. The Hall–Kier alpha value is -1.33. The van der Waals surface area contributed by atoms with Crippen molar-refractivity contribution in [2.24, 2.45) is 0 Å². The Labute approximate surface area is 97.3 Å². The van der Waals surface area contributed by atoms with Crippen LogP contribution in [0.25, 0.3) is 0 Å². The number of aromatic nitrogens is 1. The maximum absolute atomic E-state index is 11.4. The molecule has 0 amide bonds. The van der Waals surface area contributed by atoms with Crippen molar-refractivity contribution >= 4 is 17.6 Å². The second-order valence-corrected chi connectivity index (χ2v) is 3.66. The van der Waals surface area contributed by atoms with E-state index in [4.69, 9.17) is 21.1 Å². The van der Waals surface area contributed by atoms with E-state index in [-0.39, 0.29) is 16.8 Å². The van der Waals surface area contributed by atoms with Gasteiger partial charge in [0.2, 0.25) is 0 Å². The number of carbonyl (C=O) groups excluding carboxylic acids is 1. The Bertz CT molecular complexity index is 406. The zero-order valence-electron chi connectivity index (χ0n) is 8.60. The van der Waals surface area contributed by atoms with Crippen LogP contribution in [0.1, 0.15) is 10.4 Å².